The van der Waals surface area contributed by atoms with Gasteiger partial charge in [0.05, 0.1) is 0 Å². The Morgan fingerprint density at radius 2 is 1.94 bits per heavy atom. The van der Waals surface area contributed by atoms with Gasteiger partial charge in [-0.1, -0.05) is 30.3 Å². The van der Waals surface area contributed by atoms with Gasteiger partial charge < -0.3 is 15.4 Å². The van der Waals surface area contributed by atoms with Crippen LogP contribution < -0.4 is 5.73 Å². The normalized spacial score (nSPS) is 9.83. The zero-order chi connectivity index (χ0) is 13.4. The average molecular weight is 250 g/mol. The maximum absolute atomic E-state index is 11.6. The summed E-state index contributed by atoms with van der Waals surface area (Å²) in [6, 6.07) is 9.46. The Labute approximate surface area is 107 Å². The first-order valence-electron chi connectivity index (χ1n) is 5.79. The SMILES string of the molecule is CN(CCCC(N)=O)C(=O)OCc1ccccc1. The van der Waals surface area contributed by atoms with E-state index in [1.165, 1.54) is 4.90 Å². The first kappa shape index (κ1) is 14.0. The van der Waals surface area contributed by atoms with Gasteiger partial charge in [-0.2, -0.15) is 0 Å². The van der Waals surface area contributed by atoms with Crippen molar-refractivity contribution in [2.45, 2.75) is 19.4 Å². The zero-order valence-electron chi connectivity index (χ0n) is 10.5. The van der Waals surface area contributed by atoms with Crippen LogP contribution in [0.5, 0.6) is 0 Å². The van der Waals surface area contributed by atoms with Crippen LogP contribution in [0.3, 0.4) is 0 Å². The van der Waals surface area contributed by atoms with Crippen LogP contribution in [0.1, 0.15) is 18.4 Å². The molecule has 5 heteroatoms. The van der Waals surface area contributed by atoms with Crippen LogP contribution in [0, 0.1) is 0 Å². The minimum atomic E-state index is -0.400. The topological polar surface area (TPSA) is 72.6 Å². The summed E-state index contributed by atoms with van der Waals surface area (Å²) in [5.74, 6) is -0.360. The molecule has 0 radical (unpaired) electrons. The summed E-state index contributed by atoms with van der Waals surface area (Å²) in [5, 5.41) is 0. The molecule has 0 unspecified atom stereocenters. The highest BCUT2D eigenvalue weighted by Gasteiger charge is 2.09. The third-order valence-electron chi connectivity index (χ3n) is 2.43. The van der Waals surface area contributed by atoms with Gasteiger partial charge in [0, 0.05) is 20.0 Å². The number of primary amides is 1. The maximum atomic E-state index is 11.6. The van der Waals surface area contributed by atoms with Crippen LogP contribution in [0.2, 0.25) is 0 Å². The molecule has 0 atom stereocenters. The lowest BCUT2D eigenvalue weighted by Crippen LogP contribution is -2.29. The van der Waals surface area contributed by atoms with Gasteiger partial charge in [0.25, 0.3) is 0 Å². The van der Waals surface area contributed by atoms with Gasteiger partial charge in [0.1, 0.15) is 6.61 Å². The number of ether oxygens (including phenoxy) is 1. The fourth-order valence-corrected chi connectivity index (χ4v) is 1.41. The van der Waals surface area contributed by atoms with E-state index in [0.717, 1.165) is 5.56 Å². The molecule has 2 N–H and O–H groups in total. The molecule has 18 heavy (non-hydrogen) atoms. The van der Waals surface area contributed by atoms with Crippen molar-refractivity contribution in [2.75, 3.05) is 13.6 Å². The predicted molar refractivity (Wildman–Crippen MR) is 67.7 cm³/mol. The second-order valence-electron chi connectivity index (χ2n) is 4.03. The largest absolute Gasteiger partial charge is 0.445 e. The van der Waals surface area contributed by atoms with E-state index in [4.69, 9.17) is 10.5 Å². The molecule has 0 aromatic heterocycles. The highest BCUT2D eigenvalue weighted by atomic mass is 16.6. The lowest BCUT2D eigenvalue weighted by Gasteiger charge is -2.16. The van der Waals surface area contributed by atoms with Crippen molar-refractivity contribution >= 4 is 12.0 Å². The quantitative estimate of drug-likeness (QED) is 0.832. The Morgan fingerprint density at radius 3 is 2.56 bits per heavy atom. The van der Waals surface area contributed by atoms with E-state index in [1.54, 1.807) is 7.05 Å². The summed E-state index contributed by atoms with van der Waals surface area (Å²) in [4.78, 5) is 23.6. The molecule has 2 amide bonds. The second kappa shape index (κ2) is 7.32. The molecular weight excluding hydrogens is 232 g/mol. The lowest BCUT2D eigenvalue weighted by molar-refractivity contribution is -0.118. The number of nitrogens with two attached hydrogens (primary N) is 1. The molecule has 0 heterocycles. The van der Waals surface area contributed by atoms with Gasteiger partial charge >= 0.3 is 6.09 Å². The molecule has 0 saturated heterocycles. The van der Waals surface area contributed by atoms with Crippen molar-refractivity contribution in [3.05, 3.63) is 35.9 Å². The number of amides is 2. The Bertz CT molecular complexity index is 392. The Hall–Kier alpha value is -2.04. The molecule has 0 aliphatic carbocycles. The summed E-state index contributed by atoms with van der Waals surface area (Å²) >= 11 is 0. The van der Waals surface area contributed by atoms with Crippen molar-refractivity contribution in [1.82, 2.24) is 4.90 Å². The molecule has 0 aliphatic rings. The summed E-state index contributed by atoms with van der Waals surface area (Å²) < 4.78 is 5.12. The molecule has 0 saturated carbocycles. The Balaban J connectivity index is 2.25. The van der Waals surface area contributed by atoms with Crippen LogP contribution in [-0.2, 0) is 16.1 Å². The van der Waals surface area contributed by atoms with Crippen molar-refractivity contribution in [3.8, 4) is 0 Å². The van der Waals surface area contributed by atoms with E-state index in [9.17, 15) is 9.59 Å². The number of carbonyl (C=O) groups is 2. The fourth-order valence-electron chi connectivity index (χ4n) is 1.41. The average Bonchev–Trinajstić information content (AvgIpc) is 2.36. The lowest BCUT2D eigenvalue weighted by atomic mass is 10.2. The van der Waals surface area contributed by atoms with Gasteiger partial charge in [-0.15, -0.1) is 0 Å². The minimum absolute atomic E-state index is 0.250. The van der Waals surface area contributed by atoms with Gasteiger partial charge in [-0.3, -0.25) is 4.79 Å². The molecule has 0 bridgehead atoms. The van der Waals surface area contributed by atoms with E-state index in [1.807, 2.05) is 30.3 Å². The molecule has 1 aromatic rings. The van der Waals surface area contributed by atoms with Crippen LogP contribution in [-0.4, -0.2) is 30.5 Å². The van der Waals surface area contributed by atoms with Gasteiger partial charge in [0.2, 0.25) is 5.91 Å². The van der Waals surface area contributed by atoms with Crippen molar-refractivity contribution in [2.24, 2.45) is 5.73 Å². The Kier molecular flexibility index (Phi) is 5.70. The maximum Gasteiger partial charge on any atom is 0.409 e. The minimum Gasteiger partial charge on any atom is -0.445 e. The number of nitrogens with zero attached hydrogens (tertiary/aromatic N) is 1. The molecule has 1 aromatic carbocycles. The molecule has 1 rings (SSSR count). The third-order valence-corrected chi connectivity index (χ3v) is 2.43. The van der Waals surface area contributed by atoms with Crippen molar-refractivity contribution < 1.29 is 14.3 Å². The second-order valence-corrected chi connectivity index (χ2v) is 4.03. The van der Waals surface area contributed by atoms with Crippen LogP contribution in [0.4, 0.5) is 4.79 Å². The van der Waals surface area contributed by atoms with Crippen molar-refractivity contribution in [1.29, 1.82) is 0 Å². The smallest absolute Gasteiger partial charge is 0.409 e. The molecule has 0 fully saturated rings. The van der Waals surface area contributed by atoms with Crippen LogP contribution >= 0.6 is 0 Å². The number of benzene rings is 1. The highest BCUT2D eigenvalue weighted by molar-refractivity contribution is 5.73. The number of hydrogen-bond acceptors (Lipinski definition) is 3. The van der Waals surface area contributed by atoms with E-state index in [-0.39, 0.29) is 18.9 Å². The third kappa shape index (κ3) is 5.34. The zero-order valence-corrected chi connectivity index (χ0v) is 10.5. The van der Waals surface area contributed by atoms with E-state index in [0.29, 0.717) is 13.0 Å². The van der Waals surface area contributed by atoms with Crippen molar-refractivity contribution in [3.63, 3.8) is 0 Å². The molecule has 0 spiro atoms. The van der Waals surface area contributed by atoms with Crippen LogP contribution in [0.25, 0.3) is 0 Å². The summed E-state index contributed by atoms with van der Waals surface area (Å²) in [7, 11) is 1.63. The molecule has 98 valence electrons. The number of hydrogen-bond donors (Lipinski definition) is 1. The highest BCUT2D eigenvalue weighted by Crippen LogP contribution is 2.03. The van der Waals surface area contributed by atoms with E-state index < -0.39 is 6.09 Å². The first-order valence-corrected chi connectivity index (χ1v) is 5.79. The molecular formula is C13H18N2O3. The predicted octanol–water partition coefficient (Wildman–Crippen LogP) is 1.52. The summed E-state index contributed by atoms with van der Waals surface area (Å²) in [6.45, 7) is 0.705. The summed E-state index contributed by atoms with van der Waals surface area (Å²) in [5.41, 5.74) is 5.96. The standard InChI is InChI=1S/C13H18N2O3/c1-15(9-5-8-12(14)16)13(17)18-10-11-6-3-2-4-7-11/h2-4,6-7H,5,8-10H2,1H3,(H2,14,16). The monoisotopic (exact) mass is 250 g/mol. The van der Waals surface area contributed by atoms with E-state index >= 15 is 0 Å². The molecule has 5 nitrogen and oxygen atoms in total. The first-order chi connectivity index (χ1) is 8.59. The number of carbonyl (C=O) groups excluding carboxylic acids is 2. The van der Waals surface area contributed by atoms with Gasteiger partial charge in [-0.05, 0) is 12.0 Å². The van der Waals surface area contributed by atoms with E-state index in [2.05, 4.69) is 0 Å². The Morgan fingerprint density at radius 1 is 1.28 bits per heavy atom. The number of rotatable bonds is 6. The molecule has 0 aliphatic heterocycles. The van der Waals surface area contributed by atoms with Crippen LogP contribution in [0.15, 0.2) is 30.3 Å². The fraction of sp³-hybridized carbons (Fsp3) is 0.385. The summed E-state index contributed by atoms with van der Waals surface area (Å²) in [6.07, 6.45) is 0.422. The van der Waals surface area contributed by atoms with Gasteiger partial charge in [0.15, 0.2) is 0 Å². The van der Waals surface area contributed by atoms with Gasteiger partial charge in [-0.25, -0.2) is 4.79 Å².